The van der Waals surface area contributed by atoms with Crippen molar-refractivity contribution in [3.05, 3.63) is 77.6 Å². The Morgan fingerprint density at radius 3 is 2.66 bits per heavy atom. The minimum atomic E-state index is -0.670. The van der Waals surface area contributed by atoms with E-state index in [0.29, 0.717) is 40.6 Å². The molecular formula is C24H25FN8O2. The normalized spacial score (nSPS) is 14.1. The molecule has 2 aromatic carbocycles. The third-order valence-electron chi connectivity index (χ3n) is 5.18. The van der Waals surface area contributed by atoms with Gasteiger partial charge in [0.15, 0.2) is 0 Å². The summed E-state index contributed by atoms with van der Waals surface area (Å²) in [5, 5.41) is 12.2. The van der Waals surface area contributed by atoms with Crippen LogP contribution in [-0.2, 0) is 11.5 Å². The van der Waals surface area contributed by atoms with Crippen molar-refractivity contribution in [3.8, 4) is 5.75 Å². The Morgan fingerprint density at radius 1 is 1.26 bits per heavy atom. The van der Waals surface area contributed by atoms with Gasteiger partial charge in [-0.05, 0) is 60.5 Å². The van der Waals surface area contributed by atoms with Crippen molar-refractivity contribution in [1.29, 1.82) is 5.41 Å². The van der Waals surface area contributed by atoms with Gasteiger partial charge in [-0.2, -0.15) is 5.01 Å². The number of carbonyl (C=O) groups excluding carboxylic acids is 1. The number of amides is 1. The van der Waals surface area contributed by atoms with Gasteiger partial charge >= 0.3 is 0 Å². The van der Waals surface area contributed by atoms with E-state index < -0.39 is 12.7 Å². The molecule has 0 bridgehead atoms. The lowest BCUT2D eigenvalue weighted by molar-refractivity contribution is -0.118. The first-order chi connectivity index (χ1) is 17.0. The number of hydrogen-bond donors (Lipinski definition) is 4. The minimum Gasteiger partial charge on any atom is -0.494 e. The first-order valence-electron chi connectivity index (χ1n) is 10.9. The predicted octanol–water partition coefficient (Wildman–Crippen LogP) is 2.73. The third kappa shape index (κ3) is 5.52. The SMILES string of the molecule is CCOc1cc(CF)cc(C(Nc2ccc(C(=N)N)cc2)C2=NCC(=O)N(c3ncccn3)N2)c1. The molecule has 0 spiro atoms. The minimum absolute atomic E-state index is 0.0413. The molecule has 10 nitrogen and oxygen atoms in total. The summed E-state index contributed by atoms with van der Waals surface area (Å²) < 4.78 is 19.3. The smallest absolute Gasteiger partial charge is 0.270 e. The van der Waals surface area contributed by atoms with Crippen molar-refractivity contribution in [2.75, 3.05) is 23.5 Å². The molecular weight excluding hydrogens is 451 g/mol. The monoisotopic (exact) mass is 476 g/mol. The average Bonchev–Trinajstić information content (AvgIpc) is 2.88. The fourth-order valence-electron chi connectivity index (χ4n) is 3.56. The third-order valence-corrected chi connectivity index (χ3v) is 5.18. The van der Waals surface area contributed by atoms with Crippen molar-refractivity contribution >= 4 is 29.2 Å². The van der Waals surface area contributed by atoms with Gasteiger partial charge in [0.2, 0.25) is 0 Å². The highest BCUT2D eigenvalue weighted by atomic mass is 19.1. The second-order valence-corrected chi connectivity index (χ2v) is 7.64. The summed E-state index contributed by atoms with van der Waals surface area (Å²) in [6, 6.07) is 13.2. The van der Waals surface area contributed by atoms with Gasteiger partial charge in [-0.3, -0.25) is 20.6 Å². The van der Waals surface area contributed by atoms with Gasteiger partial charge in [-0.25, -0.2) is 14.4 Å². The van der Waals surface area contributed by atoms with Crippen LogP contribution in [-0.4, -0.2) is 40.7 Å². The molecule has 180 valence electrons. The maximum atomic E-state index is 13.7. The van der Waals surface area contributed by atoms with Crippen LogP contribution in [0.2, 0.25) is 0 Å². The number of hydrogen-bond acceptors (Lipinski definition) is 8. The molecule has 5 N–H and O–H groups in total. The Morgan fingerprint density at radius 2 is 2.00 bits per heavy atom. The fourth-order valence-corrected chi connectivity index (χ4v) is 3.56. The standard InChI is InChI=1S/C24H25FN8O2/c1-2-35-19-11-15(13-25)10-17(12-19)21(31-18-6-4-16(5-7-18)22(26)27)23-30-14-20(34)33(32-23)24-28-8-3-9-29-24/h3-12,21,31H,2,13-14H2,1H3,(H3,26,27)(H,30,32). The topological polar surface area (TPSA) is 142 Å². The Kier molecular flexibility index (Phi) is 7.15. The van der Waals surface area contributed by atoms with E-state index in [-0.39, 0.29) is 24.2 Å². The van der Waals surface area contributed by atoms with Crippen LogP contribution in [0.15, 0.2) is 65.9 Å². The van der Waals surface area contributed by atoms with E-state index in [9.17, 15) is 9.18 Å². The van der Waals surface area contributed by atoms with E-state index in [2.05, 4.69) is 25.7 Å². The second kappa shape index (κ2) is 10.6. The summed E-state index contributed by atoms with van der Waals surface area (Å²) in [5.41, 5.74) is 11.0. The Balaban J connectivity index is 1.73. The molecule has 0 saturated heterocycles. The molecule has 0 saturated carbocycles. The maximum Gasteiger partial charge on any atom is 0.270 e. The molecule has 1 atom stereocenters. The number of aliphatic imine (C=N–C) groups is 1. The number of nitrogens with two attached hydrogens (primary N) is 1. The molecule has 3 aromatic rings. The lowest BCUT2D eigenvalue weighted by Crippen LogP contribution is -2.54. The molecule has 0 fully saturated rings. The largest absolute Gasteiger partial charge is 0.494 e. The van der Waals surface area contributed by atoms with Crippen LogP contribution < -0.4 is 26.2 Å². The summed E-state index contributed by atoms with van der Waals surface area (Å²) in [6.45, 7) is 1.48. The summed E-state index contributed by atoms with van der Waals surface area (Å²) >= 11 is 0. The van der Waals surface area contributed by atoms with Crippen LogP contribution in [0.25, 0.3) is 0 Å². The number of alkyl halides is 1. The van der Waals surface area contributed by atoms with Crippen molar-refractivity contribution in [1.82, 2.24) is 15.4 Å². The van der Waals surface area contributed by atoms with Gasteiger partial charge in [0.1, 0.15) is 36.7 Å². The van der Waals surface area contributed by atoms with Gasteiger partial charge in [0.25, 0.3) is 11.9 Å². The number of carbonyl (C=O) groups is 1. The van der Waals surface area contributed by atoms with Gasteiger partial charge in [-0.15, -0.1) is 0 Å². The number of aromatic nitrogens is 2. The number of hydrazine groups is 1. The van der Waals surface area contributed by atoms with E-state index in [1.807, 2.05) is 6.92 Å². The van der Waals surface area contributed by atoms with Crippen LogP contribution in [0.1, 0.15) is 29.7 Å². The van der Waals surface area contributed by atoms with Crippen LogP contribution >= 0.6 is 0 Å². The number of rotatable bonds is 9. The molecule has 1 aliphatic heterocycles. The van der Waals surface area contributed by atoms with Crippen molar-refractivity contribution in [2.24, 2.45) is 10.7 Å². The number of nitrogens with zero attached hydrogens (tertiary/aromatic N) is 4. The molecule has 1 unspecified atom stereocenters. The second-order valence-electron chi connectivity index (χ2n) is 7.64. The van der Waals surface area contributed by atoms with E-state index in [4.69, 9.17) is 15.9 Å². The van der Waals surface area contributed by atoms with Crippen LogP contribution in [0.4, 0.5) is 16.0 Å². The molecule has 0 aliphatic carbocycles. The van der Waals surface area contributed by atoms with Crippen LogP contribution in [0, 0.1) is 5.41 Å². The van der Waals surface area contributed by atoms with E-state index >= 15 is 0 Å². The van der Waals surface area contributed by atoms with Crippen molar-refractivity contribution in [2.45, 2.75) is 19.6 Å². The Labute approximate surface area is 201 Å². The zero-order valence-corrected chi connectivity index (χ0v) is 19.0. The molecule has 0 radical (unpaired) electrons. The van der Waals surface area contributed by atoms with Gasteiger partial charge in [-0.1, -0.05) is 6.07 Å². The molecule has 4 rings (SSSR count). The molecule has 35 heavy (non-hydrogen) atoms. The van der Waals surface area contributed by atoms with E-state index in [0.717, 1.165) is 0 Å². The Bertz CT molecular complexity index is 1230. The number of ether oxygens (including phenoxy) is 1. The number of anilines is 2. The summed E-state index contributed by atoms with van der Waals surface area (Å²) in [7, 11) is 0. The fraction of sp³-hybridized carbons (Fsp3) is 0.208. The highest BCUT2D eigenvalue weighted by Crippen LogP contribution is 2.28. The lowest BCUT2D eigenvalue weighted by atomic mass is 10.0. The van der Waals surface area contributed by atoms with Gasteiger partial charge in [0.05, 0.1) is 6.61 Å². The van der Waals surface area contributed by atoms with Crippen LogP contribution in [0.3, 0.4) is 0 Å². The van der Waals surface area contributed by atoms with Crippen molar-refractivity contribution < 1.29 is 13.9 Å². The molecule has 2 heterocycles. The van der Waals surface area contributed by atoms with E-state index in [1.165, 1.54) is 17.4 Å². The summed E-state index contributed by atoms with van der Waals surface area (Å²) in [4.78, 5) is 25.3. The van der Waals surface area contributed by atoms with Gasteiger partial charge < -0.3 is 15.8 Å². The zero-order valence-electron chi connectivity index (χ0n) is 19.0. The molecule has 1 aromatic heterocycles. The lowest BCUT2D eigenvalue weighted by Gasteiger charge is -2.31. The zero-order chi connectivity index (χ0) is 24.8. The highest BCUT2D eigenvalue weighted by Gasteiger charge is 2.29. The number of halogens is 1. The molecule has 1 aliphatic rings. The maximum absolute atomic E-state index is 13.7. The number of amidine groups is 2. The predicted molar refractivity (Wildman–Crippen MR) is 131 cm³/mol. The summed E-state index contributed by atoms with van der Waals surface area (Å²) in [6.07, 6.45) is 3.07. The van der Waals surface area contributed by atoms with E-state index in [1.54, 1.807) is 48.5 Å². The quantitative estimate of drug-likeness (QED) is 0.275. The number of nitrogen functional groups attached to an aromatic ring is 1. The first-order valence-corrected chi connectivity index (χ1v) is 10.9. The number of benzene rings is 2. The molecule has 11 heteroatoms. The highest BCUT2D eigenvalue weighted by molar-refractivity contribution is 6.04. The first kappa shape index (κ1) is 23.6. The summed E-state index contributed by atoms with van der Waals surface area (Å²) in [5.74, 6) is 0.748. The number of nitrogens with one attached hydrogen (secondary N) is 3. The molecule has 1 amide bonds. The van der Waals surface area contributed by atoms with Crippen LogP contribution in [0.5, 0.6) is 5.75 Å². The van der Waals surface area contributed by atoms with Gasteiger partial charge in [0, 0.05) is 23.6 Å². The van der Waals surface area contributed by atoms with Crippen molar-refractivity contribution in [3.63, 3.8) is 0 Å². The average molecular weight is 477 g/mol. The Hall–Kier alpha value is -4.54.